The Morgan fingerprint density at radius 2 is 0.791 bits per heavy atom. The van der Waals surface area contributed by atoms with Gasteiger partial charge >= 0.3 is 53.6 Å². The first-order valence-corrected chi connectivity index (χ1v) is 12.6. The molecule has 0 radical (unpaired) electrons. The van der Waals surface area contributed by atoms with E-state index in [1.54, 1.807) is 0 Å². The van der Waals surface area contributed by atoms with Gasteiger partial charge in [-0.25, -0.2) is 4.79 Å². The maximum Gasteiger partial charge on any atom is 0.460 e. The van der Waals surface area contributed by atoms with Gasteiger partial charge in [0.2, 0.25) is 0 Å². The lowest BCUT2D eigenvalue weighted by molar-refractivity contribution is -0.461. The van der Waals surface area contributed by atoms with Crippen LogP contribution in [0.2, 0.25) is 0 Å². The van der Waals surface area contributed by atoms with Crippen LogP contribution in [0.1, 0.15) is 77.6 Å². The summed E-state index contributed by atoms with van der Waals surface area (Å²) in [5.41, 5.74) is 0.238. The minimum absolute atomic E-state index is 0.0296. The van der Waals surface area contributed by atoms with Crippen molar-refractivity contribution in [3.63, 3.8) is 0 Å². The van der Waals surface area contributed by atoms with Gasteiger partial charge in [-0.2, -0.15) is 74.6 Å². The predicted molar refractivity (Wildman–Crippen MR) is 117 cm³/mol. The Kier molecular flexibility index (Phi) is 13.7. The minimum Gasteiger partial charge on any atom is -0.462 e. The third kappa shape index (κ3) is 8.60. The van der Waals surface area contributed by atoms with Gasteiger partial charge in [0.25, 0.3) is 0 Å². The van der Waals surface area contributed by atoms with Crippen LogP contribution in [0, 0.1) is 0 Å². The lowest BCUT2D eigenvalue weighted by Gasteiger charge is -2.42. The summed E-state index contributed by atoms with van der Waals surface area (Å²) in [6.45, 7) is 5.06. The van der Waals surface area contributed by atoms with Gasteiger partial charge in [0.1, 0.15) is 0 Å². The molecule has 256 valence electrons. The number of carbonyl (C=O) groups is 1. The van der Waals surface area contributed by atoms with Crippen molar-refractivity contribution in [1.29, 1.82) is 0 Å². The van der Waals surface area contributed by atoms with Crippen molar-refractivity contribution in [2.75, 3.05) is 6.61 Å². The summed E-state index contributed by atoms with van der Waals surface area (Å²) in [5, 5.41) is 0. The van der Waals surface area contributed by atoms with Crippen LogP contribution in [0.3, 0.4) is 0 Å². The van der Waals surface area contributed by atoms with E-state index in [9.17, 15) is 79.4 Å². The molecule has 0 fully saturated rings. The quantitative estimate of drug-likeness (QED) is 0.0557. The van der Waals surface area contributed by atoms with Crippen molar-refractivity contribution in [1.82, 2.24) is 0 Å². The highest BCUT2D eigenvalue weighted by atomic mass is 19.4. The van der Waals surface area contributed by atoms with E-state index in [1.807, 2.05) is 0 Å². The van der Waals surface area contributed by atoms with Gasteiger partial charge < -0.3 is 4.74 Å². The number of esters is 1. The summed E-state index contributed by atoms with van der Waals surface area (Å²) in [4.78, 5) is 11.2. The van der Waals surface area contributed by atoms with Crippen molar-refractivity contribution in [2.24, 2.45) is 0 Å². The van der Waals surface area contributed by atoms with E-state index in [4.69, 9.17) is 4.74 Å². The number of hydrogen-bond donors (Lipinski definition) is 0. The summed E-state index contributed by atoms with van der Waals surface area (Å²) in [7, 11) is 0. The van der Waals surface area contributed by atoms with Crippen LogP contribution < -0.4 is 0 Å². The van der Waals surface area contributed by atoms with E-state index in [0.717, 1.165) is 6.42 Å². The Hall–Kier alpha value is -1.98. The van der Waals surface area contributed by atoms with Crippen molar-refractivity contribution in [2.45, 2.75) is 125 Å². The Labute approximate surface area is 235 Å². The Bertz CT molecular complexity index is 910. The van der Waals surface area contributed by atoms with Crippen molar-refractivity contribution in [3.8, 4) is 0 Å². The smallest absolute Gasteiger partial charge is 0.460 e. The molecule has 0 bridgehead atoms. The fourth-order valence-electron chi connectivity index (χ4n) is 3.50. The number of halogens is 17. The van der Waals surface area contributed by atoms with Crippen molar-refractivity contribution < 1.29 is 84.2 Å². The molecule has 0 atom stereocenters. The molecular formula is C24H29F17O2. The van der Waals surface area contributed by atoms with Gasteiger partial charge in [-0.3, -0.25) is 0 Å². The van der Waals surface area contributed by atoms with Crippen molar-refractivity contribution >= 4 is 5.97 Å². The summed E-state index contributed by atoms with van der Waals surface area (Å²) < 4.78 is 230. The minimum atomic E-state index is -8.60. The fourth-order valence-corrected chi connectivity index (χ4v) is 3.50. The topological polar surface area (TPSA) is 26.3 Å². The highest BCUT2D eigenvalue weighted by molar-refractivity contribution is 5.86. The summed E-state index contributed by atoms with van der Waals surface area (Å²) in [5.74, 6) is -56.4. The molecule has 0 heterocycles. The molecule has 0 aliphatic carbocycles. The van der Waals surface area contributed by atoms with Gasteiger partial charge in [0.15, 0.2) is 0 Å². The van der Waals surface area contributed by atoms with Crippen LogP contribution in [-0.2, 0) is 9.53 Å². The summed E-state index contributed by atoms with van der Waals surface area (Å²) >= 11 is 0. The Morgan fingerprint density at radius 3 is 1.14 bits per heavy atom. The zero-order valence-corrected chi connectivity index (χ0v) is 22.4. The average Bonchev–Trinajstić information content (AvgIpc) is 2.84. The number of alkyl halides is 17. The molecule has 0 aliphatic rings. The average molecular weight is 672 g/mol. The molecule has 19 heteroatoms. The summed E-state index contributed by atoms with van der Waals surface area (Å²) in [6.07, 6.45) is -7.48. The van der Waals surface area contributed by atoms with Crippen LogP contribution in [0.25, 0.3) is 0 Å². The SMILES string of the molecule is C=C(C)C(=O)OCCCCCCCCCCCCC(F)(F)C(F)(F)C(F)(F)C(F)(F)C(F)(F)C(F)(F)C(F)(F)C(F)(F)F. The second-order valence-electron chi connectivity index (χ2n) is 9.85. The molecule has 43 heavy (non-hydrogen) atoms. The van der Waals surface area contributed by atoms with Crippen molar-refractivity contribution in [3.05, 3.63) is 12.2 Å². The first kappa shape index (κ1) is 41.0. The van der Waals surface area contributed by atoms with E-state index < -0.39 is 72.9 Å². The lowest BCUT2D eigenvalue weighted by atomic mass is 9.87. The number of hydrogen-bond acceptors (Lipinski definition) is 2. The van der Waals surface area contributed by atoms with Crippen LogP contribution in [-0.4, -0.2) is 60.2 Å². The monoisotopic (exact) mass is 672 g/mol. The summed E-state index contributed by atoms with van der Waals surface area (Å²) in [6, 6.07) is 0. The normalized spacial score (nSPS) is 14.7. The molecule has 0 spiro atoms. The van der Waals surface area contributed by atoms with Crippen LogP contribution in [0.4, 0.5) is 74.6 Å². The zero-order chi connectivity index (χ0) is 34.3. The number of rotatable bonds is 20. The first-order chi connectivity index (χ1) is 19.1. The molecule has 0 unspecified atom stereocenters. The second-order valence-corrected chi connectivity index (χ2v) is 9.85. The third-order valence-electron chi connectivity index (χ3n) is 6.25. The van der Waals surface area contributed by atoms with E-state index in [2.05, 4.69) is 6.58 Å². The van der Waals surface area contributed by atoms with Crippen LogP contribution in [0.15, 0.2) is 12.2 Å². The third-order valence-corrected chi connectivity index (χ3v) is 6.25. The van der Waals surface area contributed by atoms with Gasteiger partial charge in [0.05, 0.1) is 6.61 Å². The first-order valence-electron chi connectivity index (χ1n) is 12.6. The molecule has 0 rings (SSSR count). The van der Waals surface area contributed by atoms with Gasteiger partial charge in [-0.1, -0.05) is 57.9 Å². The molecular weight excluding hydrogens is 643 g/mol. The highest BCUT2D eigenvalue weighted by Crippen LogP contribution is 2.64. The Morgan fingerprint density at radius 1 is 0.488 bits per heavy atom. The van der Waals surface area contributed by atoms with E-state index >= 15 is 0 Å². The number of carbonyl (C=O) groups excluding carboxylic acids is 1. The largest absolute Gasteiger partial charge is 0.462 e. The van der Waals surface area contributed by atoms with E-state index in [1.165, 1.54) is 6.92 Å². The molecule has 0 N–H and O–H groups in total. The van der Waals surface area contributed by atoms with Gasteiger partial charge in [-0.15, -0.1) is 0 Å². The van der Waals surface area contributed by atoms with E-state index in [-0.39, 0.29) is 18.6 Å². The highest BCUT2D eigenvalue weighted by Gasteiger charge is 2.95. The maximum absolute atomic E-state index is 13.9. The lowest BCUT2D eigenvalue weighted by Crippen LogP contribution is -2.74. The molecule has 0 aromatic carbocycles. The van der Waals surface area contributed by atoms with Gasteiger partial charge in [-0.05, 0) is 19.8 Å². The molecule has 0 saturated heterocycles. The maximum atomic E-state index is 13.9. The second kappa shape index (κ2) is 14.4. The number of ether oxygens (including phenoxy) is 1. The number of unbranched alkanes of at least 4 members (excludes halogenated alkanes) is 9. The fraction of sp³-hybridized carbons (Fsp3) is 0.875. The zero-order valence-electron chi connectivity index (χ0n) is 22.4. The van der Waals surface area contributed by atoms with Crippen LogP contribution in [0.5, 0.6) is 0 Å². The van der Waals surface area contributed by atoms with Crippen LogP contribution >= 0.6 is 0 Å². The van der Waals surface area contributed by atoms with E-state index in [0.29, 0.717) is 38.5 Å². The molecule has 0 aromatic heterocycles. The molecule has 0 aliphatic heterocycles. The Balaban J connectivity index is 5.01. The molecule has 0 saturated carbocycles. The molecule has 0 amide bonds. The van der Waals surface area contributed by atoms with Gasteiger partial charge in [0, 0.05) is 12.0 Å². The molecule has 2 nitrogen and oxygen atoms in total. The standard InChI is InChI=1S/C24H29F17O2/c1-15(2)16(42)43-14-12-10-8-6-4-3-5-7-9-11-13-17(25,26)18(27,28)19(29,30)20(31,32)21(33,34)22(35,36)23(37,38)24(39,40)41/h1,3-14H2,2H3. The predicted octanol–water partition coefficient (Wildman–Crippen LogP) is 10.4. The molecule has 0 aromatic rings.